The van der Waals surface area contributed by atoms with Crippen LogP contribution in [0.15, 0.2) is 18.2 Å². The summed E-state index contributed by atoms with van der Waals surface area (Å²) < 4.78 is 5.57. The fourth-order valence-electron chi connectivity index (χ4n) is 2.56. The molecule has 1 aromatic rings. The van der Waals surface area contributed by atoms with E-state index in [1.54, 1.807) is 6.07 Å². The molecule has 20 heavy (non-hydrogen) atoms. The maximum absolute atomic E-state index is 11.8. The van der Waals surface area contributed by atoms with E-state index in [0.29, 0.717) is 18.6 Å². The third-order valence-corrected chi connectivity index (χ3v) is 3.52. The van der Waals surface area contributed by atoms with E-state index in [4.69, 9.17) is 4.74 Å². The Balaban J connectivity index is 1.92. The summed E-state index contributed by atoms with van der Waals surface area (Å²) in [6.45, 7) is 4.07. The van der Waals surface area contributed by atoms with Crippen molar-refractivity contribution in [3.05, 3.63) is 29.3 Å². The zero-order valence-corrected chi connectivity index (χ0v) is 12.1. The largest absolute Gasteiger partial charge is 0.483 e. The van der Waals surface area contributed by atoms with E-state index >= 15 is 0 Å². The zero-order chi connectivity index (χ0) is 14.5. The number of nitrogens with one attached hydrogen (secondary N) is 1. The number of rotatable bonds is 6. The number of hydrogen-bond acceptors (Lipinski definition) is 3. The predicted molar refractivity (Wildman–Crippen MR) is 77.1 cm³/mol. The molecule has 1 aliphatic rings. The summed E-state index contributed by atoms with van der Waals surface area (Å²) >= 11 is 0. The van der Waals surface area contributed by atoms with Crippen LogP contribution in [-0.4, -0.2) is 24.3 Å². The molecular weight excluding hydrogens is 254 g/mol. The molecule has 1 aliphatic carbocycles. The highest BCUT2D eigenvalue weighted by molar-refractivity contribution is 6.01. The number of Topliss-reactive ketones (excluding diaryl/α,β-unsaturated/α-hetero) is 1. The second-order valence-electron chi connectivity index (χ2n) is 5.25. The molecule has 108 valence electrons. The summed E-state index contributed by atoms with van der Waals surface area (Å²) in [4.78, 5) is 23.4. The third kappa shape index (κ3) is 3.38. The topological polar surface area (TPSA) is 55.4 Å². The van der Waals surface area contributed by atoms with Gasteiger partial charge in [-0.3, -0.25) is 9.59 Å². The Morgan fingerprint density at radius 2 is 2.20 bits per heavy atom. The molecule has 0 spiro atoms. The van der Waals surface area contributed by atoms with Crippen LogP contribution < -0.4 is 10.1 Å². The van der Waals surface area contributed by atoms with E-state index in [-0.39, 0.29) is 24.3 Å². The molecule has 1 unspecified atom stereocenters. The van der Waals surface area contributed by atoms with Crippen LogP contribution in [0.25, 0.3) is 0 Å². The molecule has 1 atom stereocenters. The van der Waals surface area contributed by atoms with Crippen molar-refractivity contribution in [3.63, 3.8) is 0 Å². The normalized spacial score (nSPS) is 14.8. The Bertz CT molecular complexity index is 510. The minimum Gasteiger partial charge on any atom is -0.483 e. The molecule has 1 aromatic carbocycles. The van der Waals surface area contributed by atoms with Crippen LogP contribution in [0.2, 0.25) is 0 Å². The Kier molecular flexibility index (Phi) is 4.77. The van der Waals surface area contributed by atoms with Gasteiger partial charge in [0.15, 0.2) is 12.4 Å². The van der Waals surface area contributed by atoms with Gasteiger partial charge in [-0.2, -0.15) is 0 Å². The van der Waals surface area contributed by atoms with E-state index in [2.05, 4.69) is 12.2 Å². The first-order valence-corrected chi connectivity index (χ1v) is 7.19. The number of ether oxygens (including phenoxy) is 1. The van der Waals surface area contributed by atoms with Crippen LogP contribution in [0.3, 0.4) is 0 Å². The molecule has 0 aliphatic heterocycles. The molecule has 0 aromatic heterocycles. The predicted octanol–water partition coefficient (Wildman–Crippen LogP) is 2.50. The summed E-state index contributed by atoms with van der Waals surface area (Å²) in [5.41, 5.74) is 1.68. The molecule has 4 nitrogen and oxygen atoms in total. The van der Waals surface area contributed by atoms with Crippen LogP contribution in [0.1, 0.15) is 49.0 Å². The van der Waals surface area contributed by atoms with Gasteiger partial charge in [0.2, 0.25) is 0 Å². The number of hydrogen-bond donors (Lipinski definition) is 1. The lowest BCUT2D eigenvalue weighted by atomic mass is 10.1. The van der Waals surface area contributed by atoms with Crippen molar-refractivity contribution >= 4 is 11.7 Å². The highest BCUT2D eigenvalue weighted by atomic mass is 16.5. The van der Waals surface area contributed by atoms with Gasteiger partial charge in [-0.05, 0) is 25.8 Å². The Hall–Kier alpha value is -1.84. The van der Waals surface area contributed by atoms with Gasteiger partial charge < -0.3 is 10.1 Å². The van der Waals surface area contributed by atoms with Crippen molar-refractivity contribution in [2.75, 3.05) is 6.61 Å². The summed E-state index contributed by atoms with van der Waals surface area (Å²) in [6, 6.07) is 5.61. The van der Waals surface area contributed by atoms with Crippen molar-refractivity contribution in [2.24, 2.45) is 0 Å². The molecule has 0 saturated heterocycles. The lowest BCUT2D eigenvalue weighted by Crippen LogP contribution is -2.36. The van der Waals surface area contributed by atoms with Crippen molar-refractivity contribution in [1.82, 2.24) is 5.32 Å². The highest BCUT2D eigenvalue weighted by Gasteiger charge is 2.22. The van der Waals surface area contributed by atoms with Crippen LogP contribution in [-0.2, 0) is 11.2 Å². The molecule has 2 rings (SSSR count). The second kappa shape index (κ2) is 6.55. The monoisotopic (exact) mass is 275 g/mol. The van der Waals surface area contributed by atoms with Gasteiger partial charge in [0.25, 0.3) is 5.91 Å². The van der Waals surface area contributed by atoms with Gasteiger partial charge in [0.05, 0.1) is 0 Å². The number of fused-ring (bicyclic) bond motifs is 1. The second-order valence-corrected chi connectivity index (χ2v) is 5.25. The third-order valence-electron chi connectivity index (χ3n) is 3.52. The molecule has 0 radical (unpaired) electrons. The van der Waals surface area contributed by atoms with E-state index in [1.807, 2.05) is 19.1 Å². The molecule has 0 bridgehead atoms. The first-order valence-electron chi connectivity index (χ1n) is 7.19. The molecule has 1 N–H and O–H groups in total. The molecule has 0 saturated carbocycles. The van der Waals surface area contributed by atoms with Crippen molar-refractivity contribution in [1.29, 1.82) is 0 Å². The SMILES string of the molecule is CCCC(C)NC(=O)COc1cccc2c1CCC2=O. The number of amides is 1. The fraction of sp³-hybridized carbons (Fsp3) is 0.500. The molecule has 0 fully saturated rings. The first kappa shape index (κ1) is 14.6. The molecule has 1 amide bonds. The van der Waals surface area contributed by atoms with Gasteiger partial charge in [0, 0.05) is 23.6 Å². The van der Waals surface area contributed by atoms with E-state index in [0.717, 1.165) is 24.0 Å². The number of ketones is 1. The summed E-state index contributed by atoms with van der Waals surface area (Å²) in [6.07, 6.45) is 3.24. The standard InChI is InChI=1S/C16H21NO3/c1-3-5-11(2)17-16(19)10-20-15-7-4-6-12-13(15)8-9-14(12)18/h4,6-7,11H,3,5,8-10H2,1-2H3,(H,17,19). The average molecular weight is 275 g/mol. The lowest BCUT2D eigenvalue weighted by Gasteiger charge is -2.14. The lowest BCUT2D eigenvalue weighted by molar-refractivity contribution is -0.123. The van der Waals surface area contributed by atoms with Crippen LogP contribution in [0.5, 0.6) is 5.75 Å². The first-order chi connectivity index (χ1) is 9.61. The van der Waals surface area contributed by atoms with Crippen molar-refractivity contribution in [2.45, 2.75) is 45.6 Å². The molecule has 4 heteroatoms. The van der Waals surface area contributed by atoms with E-state index in [9.17, 15) is 9.59 Å². The van der Waals surface area contributed by atoms with Gasteiger partial charge in [-0.15, -0.1) is 0 Å². The van der Waals surface area contributed by atoms with Gasteiger partial charge in [-0.25, -0.2) is 0 Å². The molecule has 0 heterocycles. The van der Waals surface area contributed by atoms with Gasteiger partial charge in [0.1, 0.15) is 5.75 Å². The van der Waals surface area contributed by atoms with E-state index in [1.165, 1.54) is 0 Å². The van der Waals surface area contributed by atoms with Gasteiger partial charge in [-0.1, -0.05) is 25.5 Å². The fourth-order valence-corrected chi connectivity index (χ4v) is 2.56. The number of carbonyl (C=O) groups excluding carboxylic acids is 2. The van der Waals surface area contributed by atoms with Crippen molar-refractivity contribution < 1.29 is 14.3 Å². The van der Waals surface area contributed by atoms with Gasteiger partial charge >= 0.3 is 0 Å². The van der Waals surface area contributed by atoms with Crippen LogP contribution in [0.4, 0.5) is 0 Å². The summed E-state index contributed by atoms with van der Waals surface area (Å²) in [5.74, 6) is 0.700. The highest BCUT2D eigenvalue weighted by Crippen LogP contribution is 2.30. The minimum atomic E-state index is -0.118. The van der Waals surface area contributed by atoms with Crippen LogP contribution in [0, 0.1) is 0 Å². The zero-order valence-electron chi connectivity index (χ0n) is 12.1. The van der Waals surface area contributed by atoms with Crippen molar-refractivity contribution in [3.8, 4) is 5.75 Å². The number of carbonyl (C=O) groups is 2. The smallest absolute Gasteiger partial charge is 0.258 e. The Morgan fingerprint density at radius 3 is 2.95 bits per heavy atom. The average Bonchev–Trinajstić information content (AvgIpc) is 2.79. The summed E-state index contributed by atoms with van der Waals surface area (Å²) in [5, 5.41) is 2.90. The quantitative estimate of drug-likeness (QED) is 0.868. The summed E-state index contributed by atoms with van der Waals surface area (Å²) in [7, 11) is 0. The maximum atomic E-state index is 11.8. The van der Waals surface area contributed by atoms with E-state index < -0.39 is 0 Å². The maximum Gasteiger partial charge on any atom is 0.258 e. The Labute approximate surface area is 119 Å². The van der Waals surface area contributed by atoms with Crippen LogP contribution >= 0.6 is 0 Å². The number of benzene rings is 1. The Morgan fingerprint density at radius 1 is 1.40 bits per heavy atom. The minimum absolute atomic E-state index is 0.00129. The molecular formula is C16H21NO3.